The van der Waals surface area contributed by atoms with Crippen LogP contribution >= 0.6 is 0 Å². The average molecular weight is 132 g/mol. The van der Waals surface area contributed by atoms with Gasteiger partial charge in [0.2, 0.25) is 0 Å². The largest absolute Gasteiger partial charge is 0.390 e. The van der Waals surface area contributed by atoms with E-state index in [4.69, 9.17) is 15.3 Å². The van der Waals surface area contributed by atoms with E-state index in [1.54, 1.807) is 0 Å². The van der Waals surface area contributed by atoms with E-state index in [1.165, 1.54) is 0 Å². The molecule has 0 radical (unpaired) electrons. The quantitative estimate of drug-likeness (QED) is 0.357. The fourth-order valence-electron chi connectivity index (χ4n) is 0.861. The molecule has 0 spiro atoms. The Morgan fingerprint density at radius 1 is 1.33 bits per heavy atom. The molecular formula is C5H8O4. The van der Waals surface area contributed by atoms with E-state index >= 15 is 0 Å². The van der Waals surface area contributed by atoms with E-state index < -0.39 is 24.1 Å². The van der Waals surface area contributed by atoms with Crippen molar-refractivity contribution in [3.8, 4) is 0 Å². The van der Waals surface area contributed by atoms with Crippen molar-refractivity contribution < 1.29 is 20.1 Å². The van der Waals surface area contributed by atoms with Gasteiger partial charge in [-0.3, -0.25) is 4.79 Å². The van der Waals surface area contributed by atoms with Crippen LogP contribution in [0.3, 0.4) is 0 Å². The highest BCUT2D eigenvalue weighted by atomic mass is 16.4. The topological polar surface area (TPSA) is 77.8 Å². The smallest absolute Gasteiger partial charge is 0.192 e. The molecule has 0 saturated heterocycles. The van der Waals surface area contributed by atoms with E-state index in [-0.39, 0.29) is 6.42 Å². The molecule has 1 aliphatic carbocycles. The molecule has 0 aliphatic heterocycles. The van der Waals surface area contributed by atoms with Crippen LogP contribution in [0.1, 0.15) is 6.42 Å². The molecule has 3 N–H and O–H groups in total. The number of aliphatic hydroxyl groups excluding tert-OH is 3. The number of hydrogen-bond donors (Lipinski definition) is 3. The molecule has 52 valence electrons. The Morgan fingerprint density at radius 2 is 1.89 bits per heavy atom. The Bertz CT molecular complexity index is 133. The third-order valence-electron chi connectivity index (χ3n) is 1.45. The van der Waals surface area contributed by atoms with Crippen molar-refractivity contribution >= 4 is 5.78 Å². The summed E-state index contributed by atoms with van der Waals surface area (Å²) in [5, 5.41) is 26.1. The van der Waals surface area contributed by atoms with Crippen LogP contribution in [-0.2, 0) is 4.79 Å². The summed E-state index contributed by atoms with van der Waals surface area (Å²) < 4.78 is 0. The summed E-state index contributed by atoms with van der Waals surface area (Å²) >= 11 is 0. The van der Waals surface area contributed by atoms with Crippen molar-refractivity contribution in [3.05, 3.63) is 0 Å². The van der Waals surface area contributed by atoms with Crippen LogP contribution in [0.5, 0.6) is 0 Å². The van der Waals surface area contributed by atoms with Crippen molar-refractivity contribution in [2.45, 2.75) is 24.7 Å². The highest BCUT2D eigenvalue weighted by Gasteiger charge is 2.38. The van der Waals surface area contributed by atoms with Crippen LogP contribution in [0.25, 0.3) is 0 Å². The Kier molecular flexibility index (Phi) is 1.52. The molecule has 9 heavy (non-hydrogen) atoms. The van der Waals surface area contributed by atoms with Crippen molar-refractivity contribution in [3.63, 3.8) is 0 Å². The first-order chi connectivity index (χ1) is 4.13. The van der Waals surface area contributed by atoms with Gasteiger partial charge in [0.1, 0.15) is 12.2 Å². The van der Waals surface area contributed by atoms with Crippen molar-refractivity contribution in [1.82, 2.24) is 0 Å². The number of Topliss-reactive ketones (excluding diaryl/α,β-unsaturated/α-hetero) is 1. The molecule has 1 aliphatic rings. The number of hydrogen-bond acceptors (Lipinski definition) is 4. The lowest BCUT2D eigenvalue weighted by atomic mass is 10.2. The number of ketones is 1. The fraction of sp³-hybridized carbons (Fsp3) is 0.800. The zero-order chi connectivity index (χ0) is 7.02. The number of carbonyl (C=O) groups excluding carboxylic acids is 1. The Hall–Kier alpha value is -0.450. The molecule has 4 heteroatoms. The molecule has 0 aromatic rings. The van der Waals surface area contributed by atoms with Crippen LogP contribution in [0.2, 0.25) is 0 Å². The van der Waals surface area contributed by atoms with Gasteiger partial charge in [0, 0.05) is 6.42 Å². The zero-order valence-corrected chi connectivity index (χ0v) is 4.69. The summed E-state index contributed by atoms with van der Waals surface area (Å²) in [6.45, 7) is 0. The minimum atomic E-state index is -1.38. The predicted molar refractivity (Wildman–Crippen MR) is 27.6 cm³/mol. The van der Waals surface area contributed by atoms with Crippen LogP contribution in [0.15, 0.2) is 0 Å². The van der Waals surface area contributed by atoms with E-state index in [1.807, 2.05) is 0 Å². The monoisotopic (exact) mass is 132 g/mol. The van der Waals surface area contributed by atoms with Gasteiger partial charge in [-0.15, -0.1) is 0 Å². The molecular weight excluding hydrogens is 124 g/mol. The SMILES string of the molecule is O=C1[C@@H](O)CC(O)[C@H]1O. The molecule has 1 fully saturated rings. The fourth-order valence-corrected chi connectivity index (χ4v) is 0.861. The first kappa shape index (κ1) is 6.67. The maximum atomic E-state index is 10.5. The van der Waals surface area contributed by atoms with Gasteiger partial charge in [0.25, 0.3) is 0 Å². The standard InChI is InChI=1S/C5H8O4/c6-2-1-3(7)5(9)4(2)8/h2-4,6-8H,1H2/t2?,3-,4+/m0/s1. The first-order valence-electron chi connectivity index (χ1n) is 2.71. The van der Waals surface area contributed by atoms with Gasteiger partial charge in [0.05, 0.1) is 6.10 Å². The van der Waals surface area contributed by atoms with Gasteiger partial charge in [-0.1, -0.05) is 0 Å². The predicted octanol–water partition coefficient (Wildman–Crippen LogP) is -1.96. The van der Waals surface area contributed by atoms with E-state index in [0.717, 1.165) is 0 Å². The summed E-state index contributed by atoms with van der Waals surface area (Å²) in [6.07, 6.45) is -3.66. The molecule has 4 nitrogen and oxygen atoms in total. The number of rotatable bonds is 0. The summed E-state index contributed by atoms with van der Waals surface area (Å²) in [6, 6.07) is 0. The summed E-state index contributed by atoms with van der Waals surface area (Å²) in [5.74, 6) is -0.678. The Morgan fingerprint density at radius 3 is 2.00 bits per heavy atom. The minimum Gasteiger partial charge on any atom is -0.390 e. The molecule has 1 saturated carbocycles. The third kappa shape index (κ3) is 0.962. The first-order valence-corrected chi connectivity index (χ1v) is 2.71. The van der Waals surface area contributed by atoms with E-state index in [9.17, 15) is 4.79 Å². The van der Waals surface area contributed by atoms with Gasteiger partial charge in [-0.05, 0) is 0 Å². The number of aliphatic hydroxyl groups is 3. The molecule has 1 rings (SSSR count). The molecule has 0 aromatic heterocycles. The molecule has 1 unspecified atom stereocenters. The van der Waals surface area contributed by atoms with E-state index in [2.05, 4.69) is 0 Å². The van der Waals surface area contributed by atoms with Crippen molar-refractivity contribution in [2.24, 2.45) is 0 Å². The second kappa shape index (κ2) is 2.06. The summed E-state index contributed by atoms with van der Waals surface area (Å²) in [5.41, 5.74) is 0. The summed E-state index contributed by atoms with van der Waals surface area (Å²) in [7, 11) is 0. The second-order valence-corrected chi connectivity index (χ2v) is 2.17. The van der Waals surface area contributed by atoms with Gasteiger partial charge in [0.15, 0.2) is 5.78 Å². The highest BCUT2D eigenvalue weighted by Crippen LogP contribution is 2.15. The molecule has 3 atom stereocenters. The lowest BCUT2D eigenvalue weighted by Gasteiger charge is -2.01. The van der Waals surface area contributed by atoms with Crippen LogP contribution in [0.4, 0.5) is 0 Å². The average Bonchev–Trinajstić information content (AvgIpc) is 1.98. The van der Waals surface area contributed by atoms with Crippen LogP contribution in [0, 0.1) is 0 Å². The van der Waals surface area contributed by atoms with Gasteiger partial charge < -0.3 is 15.3 Å². The van der Waals surface area contributed by atoms with Crippen molar-refractivity contribution in [1.29, 1.82) is 0 Å². The van der Waals surface area contributed by atoms with Gasteiger partial charge in [-0.25, -0.2) is 0 Å². The molecule has 0 heterocycles. The summed E-state index contributed by atoms with van der Waals surface area (Å²) in [4.78, 5) is 10.5. The lowest BCUT2D eigenvalue weighted by molar-refractivity contribution is -0.132. The molecule has 0 bridgehead atoms. The lowest BCUT2D eigenvalue weighted by Crippen LogP contribution is -2.26. The second-order valence-electron chi connectivity index (χ2n) is 2.17. The maximum absolute atomic E-state index is 10.5. The Balaban J connectivity index is 2.65. The maximum Gasteiger partial charge on any atom is 0.192 e. The molecule has 0 amide bonds. The minimum absolute atomic E-state index is 0.0417. The molecule has 0 aromatic carbocycles. The highest BCUT2D eigenvalue weighted by molar-refractivity contribution is 5.89. The zero-order valence-electron chi connectivity index (χ0n) is 4.69. The van der Waals surface area contributed by atoms with Crippen LogP contribution < -0.4 is 0 Å². The van der Waals surface area contributed by atoms with Gasteiger partial charge in [-0.2, -0.15) is 0 Å². The Labute approximate surface area is 51.7 Å². The number of carbonyl (C=O) groups is 1. The van der Waals surface area contributed by atoms with Crippen molar-refractivity contribution in [2.75, 3.05) is 0 Å². The van der Waals surface area contributed by atoms with Crippen LogP contribution in [-0.4, -0.2) is 39.4 Å². The normalized spacial score (nSPS) is 43.9. The third-order valence-corrected chi connectivity index (χ3v) is 1.45. The van der Waals surface area contributed by atoms with E-state index in [0.29, 0.717) is 0 Å². The van der Waals surface area contributed by atoms with Gasteiger partial charge >= 0.3 is 0 Å².